The molecule has 1 N–H and O–H groups in total. The van der Waals surface area contributed by atoms with Crippen LogP contribution in [-0.2, 0) is 14.6 Å². The zero-order valence-electron chi connectivity index (χ0n) is 15.3. The summed E-state index contributed by atoms with van der Waals surface area (Å²) in [5.74, 6) is 1.29. The van der Waals surface area contributed by atoms with E-state index in [2.05, 4.69) is 0 Å². The van der Waals surface area contributed by atoms with Crippen LogP contribution in [0.5, 0.6) is 5.75 Å². The summed E-state index contributed by atoms with van der Waals surface area (Å²) in [6.45, 7) is 2.97. The molecule has 0 aromatic heterocycles. The van der Waals surface area contributed by atoms with Crippen LogP contribution in [0.3, 0.4) is 0 Å². The summed E-state index contributed by atoms with van der Waals surface area (Å²) in [4.78, 5) is 15.6. The van der Waals surface area contributed by atoms with Gasteiger partial charge in [0.1, 0.15) is 17.5 Å². The molecule has 2 aromatic carbocycles. The number of benzene rings is 2. The van der Waals surface area contributed by atoms with Crippen LogP contribution in [0.1, 0.15) is 6.42 Å². The topological polar surface area (TPSA) is 68.1 Å². The molecule has 2 aliphatic heterocycles. The Labute approximate surface area is 159 Å². The lowest BCUT2D eigenvalue weighted by Crippen LogP contribution is -3.18. The van der Waals surface area contributed by atoms with Gasteiger partial charge >= 0.3 is 0 Å². The van der Waals surface area contributed by atoms with Gasteiger partial charge in [-0.25, -0.2) is 8.42 Å². The first-order valence-corrected chi connectivity index (χ1v) is 11.3. The Balaban J connectivity index is 1.28. The third-order valence-electron chi connectivity index (χ3n) is 5.65. The van der Waals surface area contributed by atoms with Gasteiger partial charge in [0, 0.05) is 6.42 Å². The lowest BCUT2D eigenvalue weighted by molar-refractivity contribution is -0.925. The molecule has 6 nitrogen and oxygen atoms in total. The lowest BCUT2D eigenvalue weighted by atomic mass is 10.1. The maximum atomic E-state index is 12.5. The smallest absolute Gasteiger partial charge is 0.260 e. The van der Waals surface area contributed by atoms with Crippen molar-refractivity contribution in [2.45, 2.75) is 12.5 Å². The van der Waals surface area contributed by atoms with Gasteiger partial charge in [-0.05, 0) is 22.9 Å². The quantitative estimate of drug-likeness (QED) is 0.807. The number of ether oxygens (including phenoxy) is 1. The van der Waals surface area contributed by atoms with Crippen LogP contribution in [0.2, 0.25) is 0 Å². The van der Waals surface area contributed by atoms with Crippen molar-refractivity contribution in [3.8, 4) is 5.75 Å². The number of rotatable bonds is 4. The first kappa shape index (κ1) is 18.3. The fourth-order valence-corrected chi connectivity index (χ4v) is 5.89. The number of hydrogen-bond acceptors (Lipinski definition) is 4. The molecule has 0 unspecified atom stereocenters. The maximum absolute atomic E-state index is 12.5. The zero-order valence-corrected chi connectivity index (χ0v) is 16.1. The molecule has 2 aliphatic rings. The average molecular weight is 389 g/mol. The van der Waals surface area contributed by atoms with Gasteiger partial charge in [0.2, 0.25) is 0 Å². The van der Waals surface area contributed by atoms with E-state index in [1.165, 1.54) is 4.90 Å². The summed E-state index contributed by atoms with van der Waals surface area (Å²) in [7, 11) is -2.85. The van der Waals surface area contributed by atoms with E-state index in [1.807, 2.05) is 47.4 Å². The normalized spacial score (nSPS) is 22.8. The Kier molecular flexibility index (Phi) is 5.06. The second kappa shape index (κ2) is 7.48. The molecule has 0 aliphatic carbocycles. The van der Waals surface area contributed by atoms with E-state index < -0.39 is 9.84 Å². The van der Waals surface area contributed by atoms with Gasteiger partial charge in [-0.3, -0.25) is 4.79 Å². The number of piperazine rings is 1. The maximum Gasteiger partial charge on any atom is 0.260 e. The highest BCUT2D eigenvalue weighted by Crippen LogP contribution is 2.20. The van der Waals surface area contributed by atoms with E-state index >= 15 is 0 Å². The third kappa shape index (κ3) is 4.25. The molecule has 2 aromatic rings. The Morgan fingerprint density at radius 2 is 1.85 bits per heavy atom. The number of quaternary nitrogens is 1. The average Bonchev–Trinajstić information content (AvgIpc) is 3.06. The molecule has 4 rings (SSSR count). The number of amides is 1. The monoisotopic (exact) mass is 389 g/mol. The number of nitrogens with zero attached hydrogens (tertiary/aromatic N) is 1. The Morgan fingerprint density at radius 1 is 1.11 bits per heavy atom. The van der Waals surface area contributed by atoms with E-state index in [1.54, 1.807) is 0 Å². The fourth-order valence-electron chi connectivity index (χ4n) is 4.06. The Bertz CT molecular complexity index is 936. The minimum absolute atomic E-state index is 0.0127. The molecule has 1 atom stereocenters. The molecule has 0 radical (unpaired) electrons. The Morgan fingerprint density at radius 3 is 2.56 bits per heavy atom. The van der Waals surface area contributed by atoms with E-state index in [0.29, 0.717) is 30.3 Å². The number of sulfone groups is 1. The van der Waals surface area contributed by atoms with Crippen LogP contribution >= 0.6 is 0 Å². The molecular formula is C20H25N2O4S+. The van der Waals surface area contributed by atoms with Crippen LogP contribution < -0.4 is 9.64 Å². The number of carbonyl (C=O) groups excluding carboxylic acids is 1. The first-order valence-electron chi connectivity index (χ1n) is 9.44. The van der Waals surface area contributed by atoms with Gasteiger partial charge < -0.3 is 14.5 Å². The van der Waals surface area contributed by atoms with Gasteiger partial charge in [-0.2, -0.15) is 0 Å². The number of nitrogens with one attached hydrogen (secondary N) is 1. The minimum Gasteiger partial charge on any atom is -0.484 e. The van der Waals surface area contributed by atoms with E-state index in [4.69, 9.17) is 4.74 Å². The number of hydrogen-bond donors (Lipinski definition) is 1. The standard InChI is InChI=1S/C20H24N2O4S/c23-20(14-26-19-6-5-16-3-1-2-4-17(16)13-19)22-10-8-21(9-11-22)18-7-12-27(24,25)15-18/h1-6,13,18H,7-12,14-15H2/p+1/t18-/m1/s1. The molecular weight excluding hydrogens is 364 g/mol. The summed E-state index contributed by atoms with van der Waals surface area (Å²) in [6, 6.07) is 14.1. The van der Waals surface area contributed by atoms with Crippen molar-refractivity contribution in [2.75, 3.05) is 44.3 Å². The van der Waals surface area contributed by atoms with Crippen molar-refractivity contribution < 1.29 is 22.8 Å². The van der Waals surface area contributed by atoms with Crippen LogP contribution in [0.15, 0.2) is 42.5 Å². The van der Waals surface area contributed by atoms with E-state index in [9.17, 15) is 13.2 Å². The van der Waals surface area contributed by atoms with Gasteiger partial charge in [-0.1, -0.05) is 30.3 Å². The highest BCUT2D eigenvalue weighted by Gasteiger charge is 2.37. The minimum atomic E-state index is -2.85. The number of fused-ring (bicyclic) bond motifs is 1. The zero-order chi connectivity index (χ0) is 18.9. The molecule has 7 heteroatoms. The predicted octanol–water partition coefficient (Wildman–Crippen LogP) is 0.133. The summed E-state index contributed by atoms with van der Waals surface area (Å²) in [5, 5.41) is 2.23. The van der Waals surface area contributed by atoms with Crippen LogP contribution in [-0.4, -0.2) is 69.6 Å². The molecule has 2 saturated heterocycles. The molecule has 1 amide bonds. The van der Waals surface area contributed by atoms with Gasteiger partial charge in [0.15, 0.2) is 16.4 Å². The van der Waals surface area contributed by atoms with Gasteiger partial charge in [0.05, 0.1) is 31.9 Å². The van der Waals surface area contributed by atoms with Crippen molar-refractivity contribution in [1.82, 2.24) is 4.90 Å². The predicted molar refractivity (Wildman–Crippen MR) is 104 cm³/mol. The van der Waals surface area contributed by atoms with Crippen molar-refractivity contribution in [2.24, 2.45) is 0 Å². The van der Waals surface area contributed by atoms with Crippen molar-refractivity contribution >= 4 is 26.5 Å². The van der Waals surface area contributed by atoms with Crippen molar-refractivity contribution in [3.05, 3.63) is 42.5 Å². The summed E-state index contributed by atoms with van der Waals surface area (Å²) >= 11 is 0. The van der Waals surface area contributed by atoms with Crippen LogP contribution in [0, 0.1) is 0 Å². The first-order chi connectivity index (χ1) is 13.0. The molecule has 0 bridgehead atoms. The van der Waals surface area contributed by atoms with Gasteiger partial charge in [-0.15, -0.1) is 0 Å². The summed E-state index contributed by atoms with van der Waals surface area (Å²) < 4.78 is 29.0. The SMILES string of the molecule is O=C(COc1ccc2ccccc2c1)N1CC[NH+]([C@@H]2CCS(=O)(=O)C2)CC1. The second-order valence-electron chi connectivity index (χ2n) is 7.44. The Hall–Kier alpha value is -2.12. The molecule has 2 fully saturated rings. The van der Waals surface area contributed by atoms with Crippen molar-refractivity contribution in [3.63, 3.8) is 0 Å². The fraction of sp³-hybridized carbons (Fsp3) is 0.450. The molecule has 0 saturated carbocycles. The van der Waals surface area contributed by atoms with E-state index in [-0.39, 0.29) is 18.6 Å². The van der Waals surface area contributed by atoms with Crippen LogP contribution in [0.4, 0.5) is 0 Å². The summed E-state index contributed by atoms with van der Waals surface area (Å²) in [6.07, 6.45) is 0.747. The van der Waals surface area contributed by atoms with Crippen LogP contribution in [0.25, 0.3) is 10.8 Å². The molecule has 2 heterocycles. The highest BCUT2D eigenvalue weighted by molar-refractivity contribution is 7.91. The molecule has 27 heavy (non-hydrogen) atoms. The highest BCUT2D eigenvalue weighted by atomic mass is 32.2. The largest absolute Gasteiger partial charge is 0.484 e. The third-order valence-corrected chi connectivity index (χ3v) is 7.42. The second-order valence-corrected chi connectivity index (χ2v) is 9.67. The summed E-state index contributed by atoms with van der Waals surface area (Å²) in [5.41, 5.74) is 0. The molecule has 0 spiro atoms. The lowest BCUT2D eigenvalue weighted by Gasteiger charge is -2.34. The van der Waals surface area contributed by atoms with Crippen molar-refractivity contribution in [1.29, 1.82) is 0 Å². The van der Waals surface area contributed by atoms with E-state index in [0.717, 1.165) is 30.3 Å². The molecule has 144 valence electrons. The van der Waals surface area contributed by atoms with Gasteiger partial charge in [0.25, 0.3) is 5.91 Å². The number of carbonyl (C=O) groups is 1.